The molecule has 0 atom stereocenters. The lowest BCUT2D eigenvalue weighted by Gasteiger charge is -2.15. The number of nitrogens with one attached hydrogen (secondary N) is 1. The van der Waals surface area contributed by atoms with Gasteiger partial charge in [0.1, 0.15) is 5.75 Å². The predicted molar refractivity (Wildman–Crippen MR) is 125 cm³/mol. The van der Waals surface area contributed by atoms with E-state index in [4.69, 9.17) is 4.74 Å². The van der Waals surface area contributed by atoms with Crippen LogP contribution in [0.25, 0.3) is 0 Å². The number of hydrogen-bond donors (Lipinski definition) is 1. The maximum atomic E-state index is 12.4. The van der Waals surface area contributed by atoms with Crippen LogP contribution in [-0.2, 0) is 34.3 Å². The van der Waals surface area contributed by atoms with Crippen molar-refractivity contribution in [3.63, 3.8) is 0 Å². The second kappa shape index (κ2) is 10.9. The van der Waals surface area contributed by atoms with Crippen molar-refractivity contribution in [3.8, 4) is 5.75 Å². The number of aryl methyl sites for hydroxylation is 1. The first-order valence-electron chi connectivity index (χ1n) is 11.0. The molecule has 1 amide bonds. The molecule has 7 nitrogen and oxygen atoms in total. The van der Waals surface area contributed by atoms with Crippen LogP contribution in [0, 0.1) is 0 Å². The number of sulfonamides is 1. The summed E-state index contributed by atoms with van der Waals surface area (Å²) in [4.78, 5) is 15.0. The van der Waals surface area contributed by atoms with E-state index in [1.54, 1.807) is 12.1 Å². The van der Waals surface area contributed by atoms with Crippen LogP contribution in [0.1, 0.15) is 36.0 Å². The van der Waals surface area contributed by atoms with Crippen molar-refractivity contribution in [2.24, 2.45) is 0 Å². The normalized spacial score (nSPS) is 14.6. The average molecular weight is 460 g/mol. The van der Waals surface area contributed by atoms with Gasteiger partial charge in [-0.15, -0.1) is 0 Å². The van der Waals surface area contributed by atoms with Gasteiger partial charge in [-0.1, -0.05) is 24.3 Å². The van der Waals surface area contributed by atoms with Gasteiger partial charge < -0.3 is 10.1 Å². The number of benzene rings is 2. The van der Waals surface area contributed by atoms with E-state index in [0.29, 0.717) is 24.3 Å². The first kappa shape index (κ1) is 24.2. The number of hydrogen-bond acceptors (Lipinski definition) is 5. The third-order valence-electron chi connectivity index (χ3n) is 5.77. The molecule has 8 heteroatoms. The Morgan fingerprint density at radius 2 is 1.72 bits per heavy atom. The lowest BCUT2D eigenvalue weighted by Crippen LogP contribution is -2.23. The van der Waals surface area contributed by atoms with Gasteiger partial charge in [-0.2, -0.15) is 0 Å². The van der Waals surface area contributed by atoms with Crippen LogP contribution < -0.4 is 10.1 Å². The molecule has 3 rings (SSSR count). The Labute approximate surface area is 191 Å². The lowest BCUT2D eigenvalue weighted by molar-refractivity contribution is -0.121. The second-order valence-electron chi connectivity index (χ2n) is 8.34. The monoisotopic (exact) mass is 459 g/mol. The number of nitrogens with zero attached hydrogens (tertiary/aromatic N) is 2. The van der Waals surface area contributed by atoms with Crippen molar-refractivity contribution in [1.29, 1.82) is 0 Å². The minimum Gasteiger partial charge on any atom is -0.496 e. The number of rotatable bonds is 10. The molecule has 32 heavy (non-hydrogen) atoms. The van der Waals surface area contributed by atoms with Crippen LogP contribution in [-0.4, -0.2) is 57.8 Å². The molecule has 1 aliphatic heterocycles. The van der Waals surface area contributed by atoms with Gasteiger partial charge in [0.05, 0.1) is 12.0 Å². The highest BCUT2D eigenvalue weighted by molar-refractivity contribution is 7.89. The third-order valence-corrected chi connectivity index (χ3v) is 7.58. The molecule has 0 saturated carbocycles. The summed E-state index contributed by atoms with van der Waals surface area (Å²) >= 11 is 0. The lowest BCUT2D eigenvalue weighted by atomic mass is 10.1. The Hall–Kier alpha value is -2.42. The Morgan fingerprint density at radius 3 is 2.34 bits per heavy atom. The molecular formula is C24H33N3O4S. The largest absolute Gasteiger partial charge is 0.496 e. The summed E-state index contributed by atoms with van der Waals surface area (Å²) < 4.78 is 31.3. The summed E-state index contributed by atoms with van der Waals surface area (Å²) in [6.45, 7) is 3.80. The molecule has 2 aromatic rings. The third kappa shape index (κ3) is 6.31. The highest BCUT2D eigenvalue weighted by Gasteiger charge is 2.19. The molecule has 0 spiro atoms. The molecule has 1 saturated heterocycles. The van der Waals surface area contributed by atoms with E-state index in [-0.39, 0.29) is 17.2 Å². The SMILES string of the molecule is COc1ccc(S(=O)(=O)N(C)C)cc1CCC(=O)NCc1ccc(CN2CCCC2)cc1. The Kier molecular flexibility index (Phi) is 8.28. The van der Waals surface area contributed by atoms with Gasteiger partial charge in [-0.25, -0.2) is 12.7 Å². The number of carbonyl (C=O) groups excluding carboxylic acids is 1. The standard InChI is InChI=1S/C24H33N3O4S/c1-26(2)32(29,30)22-11-12-23(31-3)21(16-22)10-13-24(28)25-17-19-6-8-20(9-7-19)18-27-14-4-5-15-27/h6-9,11-12,16H,4-5,10,13-15,17-18H2,1-3H3,(H,25,28). The van der Waals surface area contributed by atoms with Crippen LogP contribution in [0.2, 0.25) is 0 Å². The minimum absolute atomic E-state index is 0.0888. The Bertz CT molecular complexity index is 1010. The van der Waals surface area contributed by atoms with Crippen LogP contribution in [0.5, 0.6) is 5.75 Å². The van der Waals surface area contributed by atoms with Crippen molar-refractivity contribution in [1.82, 2.24) is 14.5 Å². The van der Waals surface area contributed by atoms with E-state index in [9.17, 15) is 13.2 Å². The fourth-order valence-electron chi connectivity index (χ4n) is 3.82. The first-order valence-corrected chi connectivity index (χ1v) is 12.4. The van der Waals surface area contributed by atoms with Crippen molar-refractivity contribution in [2.45, 2.75) is 43.7 Å². The van der Waals surface area contributed by atoms with Gasteiger partial charge >= 0.3 is 0 Å². The van der Waals surface area contributed by atoms with Crippen molar-refractivity contribution in [2.75, 3.05) is 34.3 Å². The van der Waals surface area contributed by atoms with E-state index >= 15 is 0 Å². The summed E-state index contributed by atoms with van der Waals surface area (Å²) in [7, 11) is 0.971. The van der Waals surface area contributed by atoms with E-state index in [1.807, 2.05) is 0 Å². The smallest absolute Gasteiger partial charge is 0.242 e. The maximum absolute atomic E-state index is 12.4. The van der Waals surface area contributed by atoms with Crippen LogP contribution in [0.4, 0.5) is 0 Å². The number of amides is 1. The molecule has 2 aromatic carbocycles. The molecule has 1 N–H and O–H groups in total. The molecule has 174 valence electrons. The summed E-state index contributed by atoms with van der Waals surface area (Å²) in [6.07, 6.45) is 3.20. The molecule has 1 aliphatic rings. The molecule has 1 heterocycles. The van der Waals surface area contributed by atoms with Crippen molar-refractivity contribution >= 4 is 15.9 Å². The summed E-state index contributed by atoms with van der Waals surface area (Å²) in [5.41, 5.74) is 3.04. The highest BCUT2D eigenvalue weighted by atomic mass is 32.2. The zero-order valence-electron chi connectivity index (χ0n) is 19.1. The maximum Gasteiger partial charge on any atom is 0.242 e. The summed E-state index contributed by atoms with van der Waals surface area (Å²) in [5, 5.41) is 2.95. The van der Waals surface area contributed by atoms with Crippen LogP contribution in [0.15, 0.2) is 47.4 Å². The van der Waals surface area contributed by atoms with Gasteiger partial charge in [-0.3, -0.25) is 9.69 Å². The fraction of sp³-hybridized carbons (Fsp3) is 0.458. The number of methoxy groups -OCH3 is 1. The average Bonchev–Trinajstić information content (AvgIpc) is 3.30. The van der Waals surface area contributed by atoms with E-state index in [2.05, 4.69) is 34.5 Å². The molecule has 0 unspecified atom stereocenters. The van der Waals surface area contributed by atoms with Gasteiger partial charge in [0.15, 0.2) is 0 Å². The van der Waals surface area contributed by atoms with Gasteiger partial charge in [0.2, 0.25) is 15.9 Å². The molecule has 0 aromatic heterocycles. The number of ether oxygens (including phenoxy) is 1. The van der Waals surface area contributed by atoms with Crippen molar-refractivity contribution < 1.29 is 17.9 Å². The van der Waals surface area contributed by atoms with Gasteiger partial charge in [-0.05, 0) is 67.2 Å². The fourth-order valence-corrected chi connectivity index (χ4v) is 4.77. The molecular weight excluding hydrogens is 426 g/mol. The van der Waals surface area contributed by atoms with E-state index in [1.165, 1.54) is 63.1 Å². The molecule has 0 bridgehead atoms. The van der Waals surface area contributed by atoms with Crippen molar-refractivity contribution in [3.05, 3.63) is 59.2 Å². The van der Waals surface area contributed by atoms with Gasteiger partial charge in [0, 0.05) is 33.6 Å². The quantitative estimate of drug-likeness (QED) is 0.591. The zero-order chi connectivity index (χ0) is 23.1. The minimum atomic E-state index is -3.55. The Balaban J connectivity index is 1.53. The number of likely N-dealkylation sites (tertiary alicyclic amines) is 1. The molecule has 1 fully saturated rings. The van der Waals surface area contributed by atoms with E-state index < -0.39 is 10.0 Å². The zero-order valence-corrected chi connectivity index (χ0v) is 20.0. The summed E-state index contributed by atoms with van der Waals surface area (Å²) in [5.74, 6) is 0.484. The first-order chi connectivity index (χ1) is 15.3. The second-order valence-corrected chi connectivity index (χ2v) is 10.5. The highest BCUT2D eigenvalue weighted by Crippen LogP contribution is 2.25. The topological polar surface area (TPSA) is 79.0 Å². The molecule has 0 aliphatic carbocycles. The van der Waals surface area contributed by atoms with E-state index in [0.717, 1.165) is 12.1 Å². The predicted octanol–water partition coefficient (Wildman–Crippen LogP) is 2.79. The Morgan fingerprint density at radius 1 is 1.06 bits per heavy atom. The molecule has 0 radical (unpaired) electrons. The summed E-state index contributed by atoms with van der Waals surface area (Å²) in [6, 6.07) is 13.1. The van der Waals surface area contributed by atoms with Crippen LogP contribution >= 0.6 is 0 Å². The van der Waals surface area contributed by atoms with Gasteiger partial charge in [0.25, 0.3) is 0 Å². The van der Waals surface area contributed by atoms with Crippen LogP contribution in [0.3, 0.4) is 0 Å². The number of carbonyl (C=O) groups is 1.